The number of aryl methyl sites for hydroxylation is 1. The molecule has 22 heavy (non-hydrogen) atoms. The van der Waals surface area contributed by atoms with Crippen LogP contribution in [0.1, 0.15) is 15.9 Å². The molecular formula is C15H21Cl2N3O2. The van der Waals surface area contributed by atoms with Crippen LogP contribution in [0.4, 0.5) is 0 Å². The van der Waals surface area contributed by atoms with Crippen molar-refractivity contribution in [2.24, 2.45) is 0 Å². The molecule has 0 aromatic heterocycles. The van der Waals surface area contributed by atoms with Gasteiger partial charge < -0.3 is 15.1 Å². The van der Waals surface area contributed by atoms with Gasteiger partial charge in [0.2, 0.25) is 5.91 Å². The Morgan fingerprint density at radius 1 is 1.32 bits per heavy atom. The number of piperazine rings is 1. The first-order valence-electron chi connectivity index (χ1n) is 6.99. The molecular weight excluding hydrogens is 325 g/mol. The molecule has 0 radical (unpaired) electrons. The van der Waals surface area contributed by atoms with Gasteiger partial charge in [0, 0.05) is 43.8 Å². The molecule has 1 aliphatic heterocycles. The smallest absolute Gasteiger partial charge is 0.254 e. The van der Waals surface area contributed by atoms with Crippen LogP contribution in [0.25, 0.3) is 0 Å². The summed E-state index contributed by atoms with van der Waals surface area (Å²) in [4.78, 5) is 27.7. The van der Waals surface area contributed by atoms with Crippen LogP contribution in [-0.4, -0.2) is 61.4 Å². The zero-order chi connectivity index (χ0) is 15.4. The lowest BCUT2D eigenvalue weighted by Crippen LogP contribution is -2.49. The molecule has 0 spiro atoms. The average Bonchev–Trinajstić information content (AvgIpc) is 2.50. The molecule has 1 aromatic carbocycles. The highest BCUT2D eigenvalue weighted by Crippen LogP contribution is 2.17. The Morgan fingerprint density at radius 3 is 2.55 bits per heavy atom. The SMILES string of the molecule is Cc1ccc(C(=O)N(C)CC(=O)N2CCNCC2)cc1Cl.Cl. The Morgan fingerprint density at radius 2 is 1.95 bits per heavy atom. The van der Waals surface area contributed by atoms with Crippen LogP contribution in [0.5, 0.6) is 0 Å². The molecule has 0 unspecified atom stereocenters. The van der Waals surface area contributed by atoms with E-state index in [2.05, 4.69) is 5.32 Å². The van der Waals surface area contributed by atoms with Gasteiger partial charge in [-0.1, -0.05) is 17.7 Å². The van der Waals surface area contributed by atoms with Crippen LogP contribution < -0.4 is 5.32 Å². The van der Waals surface area contributed by atoms with Gasteiger partial charge >= 0.3 is 0 Å². The summed E-state index contributed by atoms with van der Waals surface area (Å²) in [7, 11) is 1.64. The van der Waals surface area contributed by atoms with E-state index in [9.17, 15) is 9.59 Å². The molecule has 1 fully saturated rings. The number of benzene rings is 1. The van der Waals surface area contributed by atoms with Gasteiger partial charge in [-0.05, 0) is 24.6 Å². The van der Waals surface area contributed by atoms with E-state index in [0.717, 1.165) is 18.7 Å². The summed E-state index contributed by atoms with van der Waals surface area (Å²) in [6.07, 6.45) is 0. The minimum absolute atomic E-state index is 0. The van der Waals surface area contributed by atoms with Crippen molar-refractivity contribution >= 4 is 35.8 Å². The highest BCUT2D eigenvalue weighted by molar-refractivity contribution is 6.31. The maximum atomic E-state index is 12.3. The maximum absolute atomic E-state index is 12.3. The molecule has 1 saturated heterocycles. The van der Waals surface area contributed by atoms with Gasteiger partial charge in [-0.3, -0.25) is 9.59 Å². The molecule has 0 aliphatic carbocycles. The normalized spacial score (nSPS) is 14.2. The van der Waals surface area contributed by atoms with Gasteiger partial charge in [0.1, 0.15) is 0 Å². The molecule has 5 nitrogen and oxygen atoms in total. The maximum Gasteiger partial charge on any atom is 0.254 e. The van der Waals surface area contributed by atoms with Crippen molar-refractivity contribution < 1.29 is 9.59 Å². The predicted molar refractivity (Wildman–Crippen MR) is 89.8 cm³/mol. The summed E-state index contributed by atoms with van der Waals surface area (Å²) in [6, 6.07) is 5.18. The van der Waals surface area contributed by atoms with Gasteiger partial charge in [-0.2, -0.15) is 0 Å². The molecule has 1 N–H and O–H groups in total. The second kappa shape index (κ2) is 8.36. The molecule has 122 valence electrons. The van der Waals surface area contributed by atoms with Gasteiger partial charge in [0.05, 0.1) is 6.54 Å². The predicted octanol–water partition coefficient (Wildman–Crippen LogP) is 1.57. The highest BCUT2D eigenvalue weighted by atomic mass is 35.5. The summed E-state index contributed by atoms with van der Waals surface area (Å²) in [6.45, 7) is 4.96. The van der Waals surface area contributed by atoms with E-state index in [4.69, 9.17) is 11.6 Å². The lowest BCUT2D eigenvalue weighted by Gasteiger charge is -2.29. The third-order valence-electron chi connectivity index (χ3n) is 3.61. The van der Waals surface area contributed by atoms with Crippen LogP contribution in [0.15, 0.2) is 18.2 Å². The van der Waals surface area contributed by atoms with E-state index in [1.165, 1.54) is 4.90 Å². The van der Waals surface area contributed by atoms with Crippen LogP contribution in [0.2, 0.25) is 5.02 Å². The van der Waals surface area contributed by atoms with E-state index in [1.807, 2.05) is 13.0 Å². The highest BCUT2D eigenvalue weighted by Gasteiger charge is 2.20. The Labute approximate surface area is 142 Å². The van der Waals surface area contributed by atoms with Crippen molar-refractivity contribution in [3.8, 4) is 0 Å². The molecule has 1 aliphatic rings. The van der Waals surface area contributed by atoms with Gasteiger partial charge in [-0.25, -0.2) is 0 Å². The summed E-state index contributed by atoms with van der Waals surface area (Å²) < 4.78 is 0. The molecule has 0 bridgehead atoms. The molecule has 7 heteroatoms. The Hall–Kier alpha value is -1.30. The third kappa shape index (κ3) is 4.60. The number of nitrogens with one attached hydrogen (secondary N) is 1. The van der Waals surface area contributed by atoms with Gasteiger partial charge in [0.15, 0.2) is 0 Å². The molecule has 1 heterocycles. The van der Waals surface area contributed by atoms with Crippen molar-refractivity contribution in [1.82, 2.24) is 15.1 Å². The third-order valence-corrected chi connectivity index (χ3v) is 4.01. The first-order valence-corrected chi connectivity index (χ1v) is 7.37. The standard InChI is InChI=1S/C15H20ClN3O2.ClH/c1-11-3-4-12(9-13(11)16)15(21)18(2)10-14(20)19-7-5-17-6-8-19;/h3-4,9,17H,5-8,10H2,1-2H3;1H. The first kappa shape index (κ1) is 18.7. The summed E-state index contributed by atoms with van der Waals surface area (Å²) >= 11 is 6.04. The number of carbonyl (C=O) groups is 2. The number of likely N-dealkylation sites (N-methyl/N-ethyl adjacent to an activating group) is 1. The molecule has 1 aromatic rings. The largest absolute Gasteiger partial charge is 0.339 e. The Kier molecular flexibility index (Phi) is 7.13. The number of halogens is 2. The lowest BCUT2D eigenvalue weighted by atomic mass is 10.1. The van der Waals surface area contributed by atoms with E-state index < -0.39 is 0 Å². The van der Waals surface area contributed by atoms with Crippen LogP contribution >= 0.6 is 24.0 Å². The number of hydrogen-bond donors (Lipinski definition) is 1. The summed E-state index contributed by atoms with van der Waals surface area (Å²) in [5.74, 6) is -0.217. The first-order chi connectivity index (χ1) is 9.99. The van der Waals surface area contributed by atoms with Crippen LogP contribution in [0.3, 0.4) is 0 Å². The van der Waals surface area contributed by atoms with Gasteiger partial charge in [0.25, 0.3) is 5.91 Å². The van der Waals surface area contributed by atoms with E-state index in [-0.39, 0.29) is 30.8 Å². The second-order valence-electron chi connectivity index (χ2n) is 5.26. The zero-order valence-electron chi connectivity index (χ0n) is 12.8. The van der Waals surface area contributed by atoms with Crippen molar-refractivity contribution in [1.29, 1.82) is 0 Å². The Bertz CT molecular complexity index is 546. The van der Waals surface area contributed by atoms with Crippen molar-refractivity contribution in [3.63, 3.8) is 0 Å². The van der Waals surface area contributed by atoms with E-state index in [1.54, 1.807) is 24.1 Å². The number of nitrogens with zero attached hydrogens (tertiary/aromatic N) is 2. The molecule has 0 saturated carbocycles. The average molecular weight is 346 g/mol. The fraction of sp³-hybridized carbons (Fsp3) is 0.467. The molecule has 2 amide bonds. The van der Waals surface area contributed by atoms with Crippen molar-refractivity contribution in [3.05, 3.63) is 34.3 Å². The second-order valence-corrected chi connectivity index (χ2v) is 5.66. The summed E-state index contributed by atoms with van der Waals surface area (Å²) in [5, 5.41) is 3.75. The zero-order valence-corrected chi connectivity index (χ0v) is 14.3. The molecule has 0 atom stereocenters. The number of amides is 2. The molecule has 2 rings (SSSR count). The number of hydrogen-bond acceptors (Lipinski definition) is 3. The minimum Gasteiger partial charge on any atom is -0.339 e. The quantitative estimate of drug-likeness (QED) is 0.904. The number of rotatable bonds is 3. The Balaban J connectivity index is 0.00000242. The van der Waals surface area contributed by atoms with E-state index >= 15 is 0 Å². The van der Waals surface area contributed by atoms with Gasteiger partial charge in [-0.15, -0.1) is 12.4 Å². The summed E-state index contributed by atoms with van der Waals surface area (Å²) in [5.41, 5.74) is 1.42. The fourth-order valence-corrected chi connectivity index (χ4v) is 2.42. The van der Waals surface area contributed by atoms with Crippen molar-refractivity contribution in [2.45, 2.75) is 6.92 Å². The lowest BCUT2D eigenvalue weighted by molar-refractivity contribution is -0.132. The van der Waals surface area contributed by atoms with E-state index in [0.29, 0.717) is 23.7 Å². The fourth-order valence-electron chi connectivity index (χ4n) is 2.24. The van der Waals surface area contributed by atoms with Crippen molar-refractivity contribution in [2.75, 3.05) is 39.8 Å². The minimum atomic E-state index is -0.194. The topological polar surface area (TPSA) is 52.7 Å². The monoisotopic (exact) mass is 345 g/mol. The van der Waals surface area contributed by atoms with Crippen LogP contribution in [0, 0.1) is 6.92 Å². The van der Waals surface area contributed by atoms with Crippen LogP contribution in [-0.2, 0) is 4.79 Å². The number of carbonyl (C=O) groups excluding carboxylic acids is 2.